The van der Waals surface area contributed by atoms with Crippen molar-refractivity contribution < 1.29 is 9.84 Å². The van der Waals surface area contributed by atoms with Crippen LogP contribution in [0.2, 0.25) is 0 Å². The largest absolute Gasteiger partial charge is 0.424 e. The summed E-state index contributed by atoms with van der Waals surface area (Å²) >= 11 is 0. The van der Waals surface area contributed by atoms with Crippen LogP contribution in [0.15, 0.2) is 30.3 Å². The molecule has 0 aliphatic carbocycles. The number of aryl methyl sites for hydroxylation is 1. The molecule has 0 saturated heterocycles. The van der Waals surface area contributed by atoms with Crippen LogP contribution in [0.1, 0.15) is 17.0 Å². The van der Waals surface area contributed by atoms with E-state index in [1.165, 1.54) is 0 Å². The van der Waals surface area contributed by atoms with Crippen LogP contribution in [-0.4, -0.2) is 15.1 Å². The van der Waals surface area contributed by atoms with E-state index in [4.69, 9.17) is 10.00 Å². The Bertz CT molecular complexity index is 605. The summed E-state index contributed by atoms with van der Waals surface area (Å²) in [4.78, 5) is 8.03. The Labute approximate surface area is 104 Å². The Morgan fingerprint density at radius 2 is 2.11 bits per heavy atom. The first kappa shape index (κ1) is 12.0. The average molecular weight is 241 g/mol. The zero-order valence-electron chi connectivity index (χ0n) is 9.79. The molecule has 0 aliphatic heterocycles. The molecule has 0 atom stereocenters. The third-order valence-electron chi connectivity index (χ3n) is 2.29. The average Bonchev–Trinajstić information content (AvgIpc) is 2.38. The van der Waals surface area contributed by atoms with Crippen molar-refractivity contribution in [2.75, 3.05) is 0 Å². The van der Waals surface area contributed by atoms with Crippen molar-refractivity contribution in [3.63, 3.8) is 0 Å². The summed E-state index contributed by atoms with van der Waals surface area (Å²) in [5, 5.41) is 18.0. The van der Waals surface area contributed by atoms with Gasteiger partial charge in [-0.3, -0.25) is 0 Å². The number of aromatic nitrogens is 2. The molecule has 0 spiro atoms. The fraction of sp³-hybridized carbons (Fsp3) is 0.154. The van der Waals surface area contributed by atoms with Gasteiger partial charge in [-0.25, -0.2) is 4.98 Å². The third-order valence-corrected chi connectivity index (χ3v) is 2.29. The van der Waals surface area contributed by atoms with Crippen LogP contribution < -0.4 is 4.74 Å². The second-order valence-corrected chi connectivity index (χ2v) is 3.66. The van der Waals surface area contributed by atoms with Gasteiger partial charge >= 0.3 is 6.01 Å². The number of hydrogen-bond donors (Lipinski definition) is 1. The van der Waals surface area contributed by atoms with Crippen molar-refractivity contribution in [3.05, 3.63) is 47.3 Å². The molecule has 0 aliphatic rings. The molecule has 0 unspecified atom stereocenters. The third kappa shape index (κ3) is 2.62. The molecule has 0 fully saturated rings. The molecule has 5 nitrogen and oxygen atoms in total. The van der Waals surface area contributed by atoms with E-state index in [0.717, 1.165) is 0 Å². The number of benzene rings is 1. The first-order chi connectivity index (χ1) is 8.72. The molecule has 2 aromatic rings. The number of nitriles is 1. The van der Waals surface area contributed by atoms with Gasteiger partial charge < -0.3 is 9.84 Å². The normalized spacial score (nSPS) is 9.83. The maximum Gasteiger partial charge on any atom is 0.323 e. The molecule has 1 heterocycles. The number of nitrogens with zero attached hydrogens (tertiary/aromatic N) is 3. The van der Waals surface area contributed by atoms with Crippen LogP contribution in [0.4, 0.5) is 0 Å². The Balaban J connectivity index is 2.34. The first-order valence-electron chi connectivity index (χ1n) is 5.35. The molecular weight excluding hydrogens is 230 g/mol. The highest BCUT2D eigenvalue weighted by Crippen LogP contribution is 2.23. The molecule has 5 heteroatoms. The quantitative estimate of drug-likeness (QED) is 0.888. The van der Waals surface area contributed by atoms with E-state index in [0.29, 0.717) is 17.0 Å². The topological polar surface area (TPSA) is 79.0 Å². The van der Waals surface area contributed by atoms with E-state index in [9.17, 15) is 5.11 Å². The van der Waals surface area contributed by atoms with Gasteiger partial charge in [-0.15, -0.1) is 0 Å². The van der Waals surface area contributed by atoms with Gasteiger partial charge in [0.1, 0.15) is 17.5 Å². The van der Waals surface area contributed by atoms with Gasteiger partial charge in [-0.1, -0.05) is 18.2 Å². The molecule has 18 heavy (non-hydrogen) atoms. The van der Waals surface area contributed by atoms with Gasteiger partial charge in [-0.05, 0) is 19.1 Å². The predicted octanol–water partition coefficient (Wildman–Crippen LogP) is 1.94. The summed E-state index contributed by atoms with van der Waals surface area (Å²) < 4.78 is 5.49. The molecule has 1 aromatic heterocycles. The second-order valence-electron chi connectivity index (χ2n) is 3.66. The molecule has 2 rings (SSSR count). The van der Waals surface area contributed by atoms with E-state index in [1.54, 1.807) is 37.3 Å². The number of hydrogen-bond acceptors (Lipinski definition) is 5. The Morgan fingerprint density at radius 1 is 1.33 bits per heavy atom. The lowest BCUT2D eigenvalue weighted by atomic mass is 10.2. The molecule has 1 aromatic carbocycles. The van der Waals surface area contributed by atoms with Gasteiger partial charge in [0.2, 0.25) is 0 Å². The minimum atomic E-state index is -0.132. The Morgan fingerprint density at radius 3 is 2.83 bits per heavy atom. The summed E-state index contributed by atoms with van der Waals surface area (Å²) in [5.41, 5.74) is 1.54. The standard InChI is InChI=1S/C13H11N3O2/c1-9-6-11(7-14)16-13(15-9)18-12-5-3-2-4-10(12)8-17/h2-6,17H,8H2,1H3. The Hall–Kier alpha value is -2.45. The van der Waals surface area contributed by atoms with Crippen LogP contribution in [0.3, 0.4) is 0 Å². The van der Waals surface area contributed by atoms with E-state index in [-0.39, 0.29) is 18.3 Å². The molecule has 90 valence electrons. The van der Waals surface area contributed by atoms with Gasteiger partial charge in [0, 0.05) is 11.3 Å². The molecule has 0 amide bonds. The number of para-hydroxylation sites is 1. The summed E-state index contributed by atoms with van der Waals surface area (Å²) in [5.74, 6) is 0.481. The van der Waals surface area contributed by atoms with Gasteiger partial charge in [0.15, 0.2) is 0 Å². The maximum atomic E-state index is 9.18. The molecular formula is C13H11N3O2. The fourth-order valence-corrected chi connectivity index (χ4v) is 1.48. The SMILES string of the molecule is Cc1cc(C#N)nc(Oc2ccccc2CO)n1. The van der Waals surface area contributed by atoms with Crippen molar-refractivity contribution in [2.24, 2.45) is 0 Å². The van der Waals surface area contributed by atoms with Gasteiger partial charge in [0.25, 0.3) is 0 Å². The summed E-state index contributed by atoms with van der Waals surface area (Å²) in [6, 6.07) is 10.7. The van der Waals surface area contributed by atoms with E-state index in [1.807, 2.05) is 6.07 Å². The predicted molar refractivity (Wildman–Crippen MR) is 63.9 cm³/mol. The number of rotatable bonds is 3. The van der Waals surface area contributed by atoms with Crippen molar-refractivity contribution in [3.8, 4) is 17.8 Å². The van der Waals surface area contributed by atoms with Crippen molar-refractivity contribution in [1.82, 2.24) is 9.97 Å². The van der Waals surface area contributed by atoms with Crippen LogP contribution in [0, 0.1) is 18.3 Å². The highest BCUT2D eigenvalue weighted by atomic mass is 16.5. The molecule has 0 bridgehead atoms. The van der Waals surface area contributed by atoms with Gasteiger partial charge in [-0.2, -0.15) is 10.2 Å². The molecule has 0 radical (unpaired) electrons. The summed E-state index contributed by atoms with van der Waals surface area (Å²) in [6.45, 7) is 1.63. The van der Waals surface area contributed by atoms with Crippen molar-refractivity contribution in [1.29, 1.82) is 5.26 Å². The molecule has 1 N–H and O–H groups in total. The van der Waals surface area contributed by atoms with Crippen LogP contribution in [0.25, 0.3) is 0 Å². The van der Waals surface area contributed by atoms with Crippen LogP contribution in [0.5, 0.6) is 11.8 Å². The smallest absolute Gasteiger partial charge is 0.323 e. The first-order valence-corrected chi connectivity index (χ1v) is 5.35. The maximum absolute atomic E-state index is 9.18. The minimum absolute atomic E-state index is 0.104. The van der Waals surface area contributed by atoms with Crippen molar-refractivity contribution >= 4 is 0 Å². The number of aliphatic hydroxyl groups excluding tert-OH is 1. The Kier molecular flexibility index (Phi) is 3.51. The lowest BCUT2D eigenvalue weighted by molar-refractivity contribution is 0.275. The summed E-state index contributed by atoms with van der Waals surface area (Å²) in [6.07, 6.45) is 0. The fourth-order valence-electron chi connectivity index (χ4n) is 1.48. The van der Waals surface area contributed by atoms with Crippen molar-refractivity contribution in [2.45, 2.75) is 13.5 Å². The molecule has 0 saturated carbocycles. The second kappa shape index (κ2) is 5.25. The zero-order valence-corrected chi connectivity index (χ0v) is 9.79. The van der Waals surface area contributed by atoms with E-state index < -0.39 is 0 Å². The number of ether oxygens (including phenoxy) is 1. The van der Waals surface area contributed by atoms with Crippen LogP contribution in [-0.2, 0) is 6.61 Å². The lowest BCUT2D eigenvalue weighted by Gasteiger charge is -2.08. The highest BCUT2D eigenvalue weighted by molar-refractivity contribution is 5.35. The highest BCUT2D eigenvalue weighted by Gasteiger charge is 2.07. The lowest BCUT2D eigenvalue weighted by Crippen LogP contribution is -1.98. The van der Waals surface area contributed by atoms with Gasteiger partial charge in [0.05, 0.1) is 6.61 Å². The monoisotopic (exact) mass is 241 g/mol. The van der Waals surface area contributed by atoms with E-state index >= 15 is 0 Å². The summed E-state index contributed by atoms with van der Waals surface area (Å²) in [7, 11) is 0. The number of aliphatic hydroxyl groups is 1. The zero-order chi connectivity index (χ0) is 13.0. The van der Waals surface area contributed by atoms with E-state index in [2.05, 4.69) is 9.97 Å². The minimum Gasteiger partial charge on any atom is -0.424 e. The van der Waals surface area contributed by atoms with Crippen LogP contribution >= 0.6 is 0 Å².